The quantitative estimate of drug-likeness (QED) is 0.706. The summed E-state index contributed by atoms with van der Waals surface area (Å²) in [6, 6.07) is 9.75. The van der Waals surface area contributed by atoms with Gasteiger partial charge in [-0.2, -0.15) is 13.2 Å². The molecule has 0 bridgehead atoms. The van der Waals surface area contributed by atoms with Crippen LogP contribution in [0.2, 0.25) is 0 Å². The summed E-state index contributed by atoms with van der Waals surface area (Å²) in [4.78, 5) is 16.6. The minimum Gasteiger partial charge on any atom is -0.483 e. The van der Waals surface area contributed by atoms with Crippen molar-refractivity contribution in [2.45, 2.75) is 26.1 Å². The number of carbonyl (C=O) groups excluding carboxylic acids is 1. The molecular formula is C19H17F3N2O3. The molecule has 2 heterocycles. The predicted molar refractivity (Wildman–Crippen MR) is 92.6 cm³/mol. The summed E-state index contributed by atoms with van der Waals surface area (Å²) < 4.78 is 46.7. The second kappa shape index (κ2) is 7.30. The highest BCUT2D eigenvalue weighted by molar-refractivity contribution is 5.99. The first-order valence-electron chi connectivity index (χ1n) is 8.19. The van der Waals surface area contributed by atoms with E-state index in [1.54, 1.807) is 19.9 Å². The van der Waals surface area contributed by atoms with Crippen molar-refractivity contribution in [2.75, 3.05) is 6.61 Å². The van der Waals surface area contributed by atoms with Gasteiger partial charge in [-0.3, -0.25) is 9.78 Å². The third kappa shape index (κ3) is 4.39. The lowest BCUT2D eigenvalue weighted by Gasteiger charge is -2.14. The Morgan fingerprint density at radius 3 is 2.63 bits per heavy atom. The number of benzene rings is 1. The van der Waals surface area contributed by atoms with Crippen molar-refractivity contribution in [1.29, 1.82) is 0 Å². The molecule has 2 aromatic heterocycles. The van der Waals surface area contributed by atoms with Crippen molar-refractivity contribution in [3.05, 3.63) is 59.6 Å². The van der Waals surface area contributed by atoms with Gasteiger partial charge >= 0.3 is 6.18 Å². The van der Waals surface area contributed by atoms with E-state index in [0.717, 1.165) is 10.9 Å². The summed E-state index contributed by atoms with van der Waals surface area (Å²) in [5.41, 5.74) is 1.84. The first-order chi connectivity index (χ1) is 12.7. The van der Waals surface area contributed by atoms with E-state index in [0.29, 0.717) is 11.3 Å². The Hall–Kier alpha value is -3.03. The summed E-state index contributed by atoms with van der Waals surface area (Å²) in [7, 11) is 0. The number of rotatable bonds is 5. The molecule has 142 valence electrons. The second-order valence-electron chi connectivity index (χ2n) is 6.07. The Labute approximate surface area is 153 Å². The molecule has 1 amide bonds. The highest BCUT2D eigenvalue weighted by atomic mass is 19.4. The molecule has 1 atom stereocenters. The van der Waals surface area contributed by atoms with Crippen LogP contribution in [0, 0.1) is 6.92 Å². The molecule has 0 saturated heterocycles. The van der Waals surface area contributed by atoms with E-state index in [2.05, 4.69) is 15.0 Å². The molecule has 0 saturated carbocycles. The van der Waals surface area contributed by atoms with Crippen molar-refractivity contribution in [2.24, 2.45) is 0 Å². The number of hydrogen-bond donors (Lipinski definition) is 1. The number of furan rings is 1. The molecular weight excluding hydrogens is 361 g/mol. The number of nitrogens with one attached hydrogen (secondary N) is 1. The number of carbonyl (C=O) groups is 1. The molecule has 8 heteroatoms. The van der Waals surface area contributed by atoms with E-state index in [1.807, 2.05) is 18.2 Å². The van der Waals surface area contributed by atoms with E-state index in [9.17, 15) is 18.0 Å². The summed E-state index contributed by atoms with van der Waals surface area (Å²) in [6.45, 7) is 2.14. The van der Waals surface area contributed by atoms with Gasteiger partial charge < -0.3 is 14.5 Å². The summed E-state index contributed by atoms with van der Waals surface area (Å²) in [5, 5.41) is 3.63. The van der Waals surface area contributed by atoms with Crippen LogP contribution >= 0.6 is 0 Å². The maximum absolute atomic E-state index is 12.5. The summed E-state index contributed by atoms with van der Waals surface area (Å²) in [5.74, 6) is -0.175. The van der Waals surface area contributed by atoms with Crippen LogP contribution in [0.4, 0.5) is 13.2 Å². The Morgan fingerprint density at radius 1 is 1.26 bits per heavy atom. The zero-order chi connectivity index (χ0) is 19.6. The fourth-order valence-corrected chi connectivity index (χ4v) is 2.63. The Bertz CT molecular complexity index is 949. The monoisotopic (exact) mass is 378 g/mol. The van der Waals surface area contributed by atoms with Crippen molar-refractivity contribution in [1.82, 2.24) is 10.3 Å². The predicted octanol–water partition coefficient (Wildman–Crippen LogP) is 4.57. The van der Waals surface area contributed by atoms with E-state index < -0.39 is 24.7 Å². The van der Waals surface area contributed by atoms with Crippen LogP contribution in [0.25, 0.3) is 11.0 Å². The van der Waals surface area contributed by atoms with Crippen LogP contribution in [0.15, 0.2) is 47.0 Å². The van der Waals surface area contributed by atoms with Gasteiger partial charge in [-0.1, -0.05) is 18.2 Å². The number of fused-ring (bicyclic) bond motifs is 1. The van der Waals surface area contributed by atoms with Crippen LogP contribution in [-0.4, -0.2) is 23.7 Å². The first kappa shape index (κ1) is 18.8. The van der Waals surface area contributed by atoms with Crippen LogP contribution in [0.1, 0.15) is 34.8 Å². The number of para-hydroxylation sites is 1. The van der Waals surface area contributed by atoms with Gasteiger partial charge in [0, 0.05) is 10.9 Å². The standard InChI is InChI=1S/C19H17F3N2O3/c1-11-14-5-3-4-6-16(14)27-17(11)18(25)24-12(2)15-8-7-13(9-23-15)26-10-19(20,21)22/h3-9,12H,10H2,1-2H3,(H,24,25)/t12-/m1/s1. The minimum absolute atomic E-state index is 0.00253. The molecule has 27 heavy (non-hydrogen) atoms. The molecule has 3 aromatic rings. The molecule has 3 rings (SSSR count). The van der Waals surface area contributed by atoms with Gasteiger partial charge in [-0.25, -0.2) is 0 Å². The van der Waals surface area contributed by atoms with Crippen LogP contribution in [0.5, 0.6) is 5.75 Å². The molecule has 1 aromatic carbocycles. The number of amides is 1. The van der Waals surface area contributed by atoms with Gasteiger partial charge in [0.2, 0.25) is 0 Å². The molecule has 0 aliphatic rings. The number of nitrogens with zero attached hydrogens (tertiary/aromatic N) is 1. The molecule has 1 N–H and O–H groups in total. The van der Waals surface area contributed by atoms with Crippen LogP contribution in [-0.2, 0) is 0 Å². The van der Waals surface area contributed by atoms with E-state index in [-0.39, 0.29) is 11.5 Å². The molecule has 0 radical (unpaired) electrons. The SMILES string of the molecule is Cc1c(C(=O)N[C@H](C)c2ccc(OCC(F)(F)F)cn2)oc2ccccc12. The molecule has 0 aliphatic carbocycles. The molecule has 0 aliphatic heterocycles. The Balaban J connectivity index is 1.68. The van der Waals surface area contributed by atoms with E-state index in [4.69, 9.17) is 4.42 Å². The van der Waals surface area contributed by atoms with Crippen LogP contribution in [0.3, 0.4) is 0 Å². The molecule has 0 fully saturated rings. The van der Waals surface area contributed by atoms with Crippen molar-refractivity contribution in [3.8, 4) is 5.75 Å². The zero-order valence-corrected chi connectivity index (χ0v) is 14.6. The topological polar surface area (TPSA) is 64.4 Å². The lowest BCUT2D eigenvalue weighted by molar-refractivity contribution is -0.153. The average molecular weight is 378 g/mol. The van der Waals surface area contributed by atoms with Crippen molar-refractivity contribution in [3.63, 3.8) is 0 Å². The first-order valence-corrected chi connectivity index (χ1v) is 8.19. The lowest BCUT2D eigenvalue weighted by atomic mass is 10.1. The zero-order valence-electron chi connectivity index (χ0n) is 14.6. The maximum Gasteiger partial charge on any atom is 0.422 e. The molecule has 5 nitrogen and oxygen atoms in total. The van der Waals surface area contributed by atoms with E-state index >= 15 is 0 Å². The average Bonchev–Trinajstić information content (AvgIpc) is 2.97. The number of alkyl halides is 3. The third-order valence-corrected chi connectivity index (χ3v) is 4.00. The van der Waals surface area contributed by atoms with E-state index in [1.165, 1.54) is 18.3 Å². The van der Waals surface area contributed by atoms with Gasteiger partial charge in [0.05, 0.1) is 17.9 Å². The van der Waals surface area contributed by atoms with Gasteiger partial charge in [-0.15, -0.1) is 0 Å². The highest BCUT2D eigenvalue weighted by Crippen LogP contribution is 2.25. The minimum atomic E-state index is -4.41. The molecule has 0 unspecified atom stereocenters. The van der Waals surface area contributed by atoms with Crippen LogP contribution < -0.4 is 10.1 Å². The normalized spacial score (nSPS) is 12.8. The second-order valence-corrected chi connectivity index (χ2v) is 6.07. The number of aryl methyl sites for hydroxylation is 1. The Morgan fingerprint density at radius 2 is 2.00 bits per heavy atom. The number of aromatic nitrogens is 1. The van der Waals surface area contributed by atoms with Crippen molar-refractivity contribution < 1.29 is 27.1 Å². The number of halogens is 3. The fraction of sp³-hybridized carbons (Fsp3) is 0.263. The highest BCUT2D eigenvalue weighted by Gasteiger charge is 2.28. The number of ether oxygens (including phenoxy) is 1. The fourth-order valence-electron chi connectivity index (χ4n) is 2.63. The third-order valence-electron chi connectivity index (χ3n) is 4.00. The Kier molecular flexibility index (Phi) is 5.07. The number of pyridine rings is 1. The van der Waals surface area contributed by atoms with Gasteiger partial charge in [-0.05, 0) is 32.0 Å². The molecule has 0 spiro atoms. The van der Waals surface area contributed by atoms with Gasteiger partial charge in [0.25, 0.3) is 5.91 Å². The lowest BCUT2D eigenvalue weighted by Crippen LogP contribution is -2.27. The smallest absolute Gasteiger partial charge is 0.422 e. The number of hydrogen-bond acceptors (Lipinski definition) is 4. The summed E-state index contributed by atoms with van der Waals surface area (Å²) in [6.07, 6.45) is -3.22. The van der Waals surface area contributed by atoms with Gasteiger partial charge in [0.1, 0.15) is 11.3 Å². The summed E-state index contributed by atoms with van der Waals surface area (Å²) >= 11 is 0. The largest absolute Gasteiger partial charge is 0.483 e. The van der Waals surface area contributed by atoms with Crippen molar-refractivity contribution >= 4 is 16.9 Å². The van der Waals surface area contributed by atoms with Gasteiger partial charge in [0.15, 0.2) is 12.4 Å². The maximum atomic E-state index is 12.5.